The third kappa shape index (κ3) is 4.34. The summed E-state index contributed by atoms with van der Waals surface area (Å²) < 4.78 is 12.2. The number of rotatable bonds is 6. The van der Waals surface area contributed by atoms with Crippen LogP contribution in [-0.4, -0.2) is 34.2 Å². The molecule has 3 aromatic rings. The second kappa shape index (κ2) is 9.35. The molecule has 0 saturated carbocycles. The van der Waals surface area contributed by atoms with E-state index in [0.29, 0.717) is 36.8 Å². The van der Waals surface area contributed by atoms with E-state index in [9.17, 15) is 4.79 Å². The van der Waals surface area contributed by atoms with Crippen LogP contribution < -0.4 is 14.8 Å². The van der Waals surface area contributed by atoms with E-state index in [-0.39, 0.29) is 11.8 Å². The molecule has 1 atom stereocenters. The SMILES string of the molecule is C=N/C=C(\C=C/C)c1cnc(C2COc3ccc(Oc4ccnc5c4CCC(=O)N5)cc3C2)[nH]1. The number of anilines is 1. The smallest absolute Gasteiger partial charge is 0.225 e. The summed E-state index contributed by atoms with van der Waals surface area (Å²) in [5, 5.41) is 2.81. The number of hydrogen-bond acceptors (Lipinski definition) is 6. The number of benzene rings is 1. The molecule has 172 valence electrons. The maximum atomic E-state index is 11.7. The number of ether oxygens (including phenoxy) is 2. The van der Waals surface area contributed by atoms with Gasteiger partial charge in [-0.1, -0.05) is 12.2 Å². The highest BCUT2D eigenvalue weighted by atomic mass is 16.5. The number of imidazole rings is 1. The van der Waals surface area contributed by atoms with Crippen LogP contribution in [0.15, 0.2) is 60.0 Å². The van der Waals surface area contributed by atoms with Crippen molar-refractivity contribution in [1.29, 1.82) is 0 Å². The molecule has 2 aliphatic rings. The first-order chi connectivity index (χ1) is 16.6. The molecule has 0 aliphatic carbocycles. The molecule has 1 amide bonds. The van der Waals surface area contributed by atoms with Gasteiger partial charge in [0.25, 0.3) is 0 Å². The quantitative estimate of drug-likeness (QED) is 0.410. The lowest BCUT2D eigenvalue weighted by Crippen LogP contribution is -2.21. The Morgan fingerprint density at radius 3 is 3.06 bits per heavy atom. The fourth-order valence-corrected chi connectivity index (χ4v) is 4.26. The van der Waals surface area contributed by atoms with Crippen LogP contribution in [0.3, 0.4) is 0 Å². The van der Waals surface area contributed by atoms with Crippen LogP contribution in [0, 0.1) is 0 Å². The Bertz CT molecular complexity index is 1310. The second-order valence-corrected chi connectivity index (χ2v) is 8.22. The van der Waals surface area contributed by atoms with Crippen LogP contribution in [0.2, 0.25) is 0 Å². The van der Waals surface area contributed by atoms with E-state index >= 15 is 0 Å². The number of H-pyrrole nitrogens is 1. The molecule has 0 radical (unpaired) electrons. The first-order valence-electron chi connectivity index (χ1n) is 11.2. The van der Waals surface area contributed by atoms with Crippen LogP contribution in [0.5, 0.6) is 17.2 Å². The van der Waals surface area contributed by atoms with Gasteiger partial charge >= 0.3 is 0 Å². The first-order valence-corrected chi connectivity index (χ1v) is 11.2. The standard InChI is InChI=1S/C26H25N5O3/c1-3-4-16(13-27-2)21-14-29-25(30-21)18-11-17-12-19(5-7-22(17)33-15-18)34-23-9-10-28-26-20(23)6-8-24(32)31-26/h3-5,7,9-10,12-14,18H,2,6,8,11,15H2,1H3,(H,29,30)(H,28,31,32)/b4-3-,16-13+. The van der Waals surface area contributed by atoms with Gasteiger partial charge < -0.3 is 19.8 Å². The lowest BCUT2D eigenvalue weighted by atomic mass is 9.96. The number of hydrogen-bond donors (Lipinski definition) is 2. The van der Waals surface area contributed by atoms with Gasteiger partial charge in [0.15, 0.2) is 0 Å². The molecule has 0 fully saturated rings. The minimum Gasteiger partial charge on any atom is -0.493 e. The summed E-state index contributed by atoms with van der Waals surface area (Å²) in [6, 6.07) is 7.67. The largest absolute Gasteiger partial charge is 0.493 e. The number of aromatic nitrogens is 3. The number of aliphatic imine (C=N–C) groups is 1. The van der Waals surface area contributed by atoms with E-state index in [1.54, 1.807) is 12.4 Å². The maximum Gasteiger partial charge on any atom is 0.225 e. The normalized spacial score (nSPS) is 17.5. The molecule has 0 bridgehead atoms. The predicted octanol–water partition coefficient (Wildman–Crippen LogP) is 4.82. The van der Waals surface area contributed by atoms with Crippen molar-refractivity contribution in [3.63, 3.8) is 0 Å². The van der Waals surface area contributed by atoms with Crippen LogP contribution in [0.1, 0.15) is 41.9 Å². The Kier molecular flexibility index (Phi) is 5.95. The number of aromatic amines is 1. The Morgan fingerprint density at radius 2 is 2.21 bits per heavy atom. The van der Waals surface area contributed by atoms with E-state index in [4.69, 9.17) is 9.47 Å². The van der Waals surface area contributed by atoms with Gasteiger partial charge in [0.1, 0.15) is 28.9 Å². The van der Waals surface area contributed by atoms with Gasteiger partial charge in [0.05, 0.1) is 24.4 Å². The fourth-order valence-electron chi connectivity index (χ4n) is 4.26. The molecule has 34 heavy (non-hydrogen) atoms. The molecule has 0 saturated heterocycles. The molecule has 2 aliphatic heterocycles. The Morgan fingerprint density at radius 1 is 1.29 bits per heavy atom. The van der Waals surface area contributed by atoms with Crippen molar-refractivity contribution in [1.82, 2.24) is 15.0 Å². The summed E-state index contributed by atoms with van der Waals surface area (Å²) in [5.41, 5.74) is 3.77. The monoisotopic (exact) mass is 455 g/mol. The molecule has 1 unspecified atom stereocenters. The summed E-state index contributed by atoms with van der Waals surface area (Å²) >= 11 is 0. The third-order valence-electron chi connectivity index (χ3n) is 5.91. The molecule has 2 N–H and O–H groups in total. The Balaban J connectivity index is 1.36. The average molecular weight is 456 g/mol. The van der Waals surface area contributed by atoms with Crippen LogP contribution in [0.25, 0.3) is 5.57 Å². The third-order valence-corrected chi connectivity index (χ3v) is 5.91. The summed E-state index contributed by atoms with van der Waals surface area (Å²) in [6.07, 6.45) is 10.9. The molecule has 1 aromatic carbocycles. The van der Waals surface area contributed by atoms with Gasteiger partial charge in [0, 0.05) is 30.0 Å². The van der Waals surface area contributed by atoms with Gasteiger partial charge in [-0.15, -0.1) is 0 Å². The summed E-state index contributed by atoms with van der Waals surface area (Å²) in [5.74, 6) is 3.77. The average Bonchev–Trinajstić information content (AvgIpc) is 3.34. The molecule has 8 nitrogen and oxygen atoms in total. The van der Waals surface area contributed by atoms with Crippen molar-refractivity contribution in [2.75, 3.05) is 11.9 Å². The van der Waals surface area contributed by atoms with Gasteiger partial charge in [-0.3, -0.25) is 9.79 Å². The highest BCUT2D eigenvalue weighted by Crippen LogP contribution is 2.37. The zero-order valence-corrected chi connectivity index (χ0v) is 18.9. The van der Waals surface area contributed by atoms with Gasteiger partial charge in [-0.2, -0.15) is 0 Å². The molecular formula is C26H25N5O3. The maximum absolute atomic E-state index is 11.7. The van der Waals surface area contributed by atoms with Crippen LogP contribution in [0.4, 0.5) is 5.82 Å². The minimum absolute atomic E-state index is 0.0238. The zero-order chi connectivity index (χ0) is 23.5. The highest BCUT2D eigenvalue weighted by molar-refractivity contribution is 5.93. The number of amides is 1. The number of carbonyl (C=O) groups excluding carboxylic acids is 1. The van der Waals surface area contributed by atoms with Crippen molar-refractivity contribution in [2.45, 2.75) is 32.1 Å². The minimum atomic E-state index is -0.0238. The van der Waals surface area contributed by atoms with Crippen molar-refractivity contribution < 1.29 is 14.3 Å². The number of fused-ring (bicyclic) bond motifs is 2. The van der Waals surface area contributed by atoms with E-state index < -0.39 is 0 Å². The van der Waals surface area contributed by atoms with Gasteiger partial charge in [0.2, 0.25) is 5.91 Å². The molecule has 2 aromatic heterocycles. The van der Waals surface area contributed by atoms with E-state index in [1.165, 1.54) is 0 Å². The topological polar surface area (TPSA) is 101 Å². The van der Waals surface area contributed by atoms with E-state index in [0.717, 1.165) is 40.4 Å². The van der Waals surface area contributed by atoms with Gasteiger partial charge in [-0.05, 0) is 56.3 Å². The second-order valence-electron chi connectivity index (χ2n) is 8.22. The molecule has 5 rings (SSSR count). The Hall–Kier alpha value is -4.20. The Labute approximate surface area is 197 Å². The summed E-state index contributed by atoms with van der Waals surface area (Å²) in [7, 11) is 0. The predicted molar refractivity (Wildman–Crippen MR) is 131 cm³/mol. The van der Waals surface area contributed by atoms with Crippen molar-refractivity contribution in [3.8, 4) is 17.2 Å². The molecular weight excluding hydrogens is 430 g/mol. The van der Waals surface area contributed by atoms with Gasteiger partial charge in [-0.25, -0.2) is 9.97 Å². The van der Waals surface area contributed by atoms with Crippen LogP contribution >= 0.6 is 0 Å². The van der Waals surface area contributed by atoms with E-state index in [1.807, 2.05) is 49.5 Å². The number of carbonyl (C=O) groups is 1. The fraction of sp³-hybridized carbons (Fsp3) is 0.231. The van der Waals surface area contributed by atoms with Crippen molar-refractivity contribution >= 4 is 24.0 Å². The number of pyridine rings is 1. The lowest BCUT2D eigenvalue weighted by Gasteiger charge is -2.25. The number of nitrogens with zero attached hydrogens (tertiary/aromatic N) is 3. The number of nitrogens with one attached hydrogen (secondary N) is 2. The van der Waals surface area contributed by atoms with Crippen molar-refractivity contribution in [2.24, 2.45) is 4.99 Å². The zero-order valence-electron chi connectivity index (χ0n) is 18.9. The number of allylic oxidation sites excluding steroid dienone is 3. The summed E-state index contributed by atoms with van der Waals surface area (Å²) in [4.78, 5) is 27.8. The van der Waals surface area contributed by atoms with E-state index in [2.05, 4.69) is 32.0 Å². The first kappa shape index (κ1) is 21.6. The lowest BCUT2D eigenvalue weighted by molar-refractivity contribution is -0.116. The summed E-state index contributed by atoms with van der Waals surface area (Å²) in [6.45, 7) is 6.04. The molecule has 4 heterocycles. The van der Waals surface area contributed by atoms with Crippen molar-refractivity contribution in [3.05, 3.63) is 77.7 Å². The molecule has 8 heteroatoms. The van der Waals surface area contributed by atoms with Crippen LogP contribution in [-0.2, 0) is 17.6 Å². The highest BCUT2D eigenvalue weighted by Gasteiger charge is 2.25. The molecule has 0 spiro atoms.